The molecule has 0 aliphatic carbocycles. The van der Waals surface area contributed by atoms with E-state index in [0.717, 1.165) is 37.2 Å². The Morgan fingerprint density at radius 1 is 1.24 bits per heavy atom. The Balaban J connectivity index is 1.51. The van der Waals surface area contributed by atoms with Crippen molar-refractivity contribution in [1.29, 1.82) is 0 Å². The highest BCUT2D eigenvalue weighted by atomic mass is 32.2. The minimum absolute atomic E-state index is 0.139. The summed E-state index contributed by atoms with van der Waals surface area (Å²) in [6.45, 7) is 1.70. The van der Waals surface area contributed by atoms with Gasteiger partial charge in [-0.25, -0.2) is 0 Å². The molecule has 1 aromatic carbocycles. The number of carbonyl (C=O) groups excluding carboxylic acids is 2. The fraction of sp³-hybridized carbons (Fsp3) is 0.353. The van der Waals surface area contributed by atoms with Crippen LogP contribution in [0, 0.1) is 0 Å². The first-order valence-electron chi connectivity index (χ1n) is 8.33. The smallest absolute Gasteiger partial charge is 0.249 e. The van der Waals surface area contributed by atoms with E-state index in [0.29, 0.717) is 10.9 Å². The van der Waals surface area contributed by atoms with Crippen LogP contribution in [0.15, 0.2) is 41.5 Å². The number of amidine groups is 1. The zero-order valence-electron chi connectivity index (χ0n) is 13.6. The van der Waals surface area contributed by atoms with Crippen LogP contribution >= 0.6 is 11.8 Å². The van der Waals surface area contributed by atoms with Gasteiger partial charge in [0.1, 0.15) is 0 Å². The van der Waals surface area contributed by atoms with Gasteiger partial charge in [0.25, 0.3) is 0 Å². The molecule has 7 nitrogen and oxygen atoms in total. The SMILES string of the molecule is O=C1C=C(c2ccccc2)N2C(SCC(=O)N3CCCC3)=NNC2N1. The van der Waals surface area contributed by atoms with Gasteiger partial charge in [-0.1, -0.05) is 42.1 Å². The molecule has 1 aromatic rings. The van der Waals surface area contributed by atoms with E-state index in [1.165, 1.54) is 11.8 Å². The lowest BCUT2D eigenvalue weighted by molar-refractivity contribution is -0.127. The molecule has 3 heterocycles. The summed E-state index contributed by atoms with van der Waals surface area (Å²) in [6.07, 6.45) is 3.31. The van der Waals surface area contributed by atoms with Crippen molar-refractivity contribution in [2.24, 2.45) is 5.10 Å². The Kier molecular flexibility index (Phi) is 4.35. The number of nitrogens with zero attached hydrogens (tertiary/aromatic N) is 3. The Labute approximate surface area is 150 Å². The van der Waals surface area contributed by atoms with Gasteiger partial charge in [-0.05, 0) is 18.4 Å². The predicted octanol–water partition coefficient (Wildman–Crippen LogP) is 0.973. The Morgan fingerprint density at radius 2 is 2.00 bits per heavy atom. The molecule has 3 aliphatic heterocycles. The van der Waals surface area contributed by atoms with Crippen molar-refractivity contribution in [3.8, 4) is 0 Å². The molecule has 1 unspecified atom stereocenters. The van der Waals surface area contributed by atoms with E-state index in [1.807, 2.05) is 40.1 Å². The van der Waals surface area contributed by atoms with E-state index >= 15 is 0 Å². The van der Waals surface area contributed by atoms with Crippen molar-refractivity contribution in [3.63, 3.8) is 0 Å². The van der Waals surface area contributed by atoms with Crippen LogP contribution in [-0.4, -0.2) is 51.9 Å². The van der Waals surface area contributed by atoms with Crippen LogP contribution in [0.3, 0.4) is 0 Å². The first-order chi connectivity index (χ1) is 12.2. The highest BCUT2D eigenvalue weighted by Crippen LogP contribution is 2.29. The van der Waals surface area contributed by atoms with Crippen molar-refractivity contribution in [1.82, 2.24) is 20.5 Å². The van der Waals surface area contributed by atoms with Crippen molar-refractivity contribution < 1.29 is 9.59 Å². The number of benzene rings is 1. The third-order valence-electron chi connectivity index (χ3n) is 4.41. The molecule has 2 amide bonds. The van der Waals surface area contributed by atoms with Gasteiger partial charge in [-0.2, -0.15) is 5.10 Å². The molecular formula is C17H19N5O2S. The van der Waals surface area contributed by atoms with E-state index in [-0.39, 0.29) is 11.8 Å². The van der Waals surface area contributed by atoms with Gasteiger partial charge in [-0.15, -0.1) is 0 Å². The molecule has 0 bridgehead atoms. The maximum atomic E-state index is 12.3. The standard InChI is InChI=1S/C17H19N5O2S/c23-14-10-13(12-6-2-1-3-7-12)22-16(18-14)19-20-17(22)25-11-15(24)21-8-4-5-9-21/h1-3,6-7,10,16,19H,4-5,8-9,11H2,(H,18,23). The minimum Gasteiger partial charge on any atom is -0.342 e. The minimum atomic E-state index is -0.419. The van der Waals surface area contributed by atoms with Crippen LogP contribution in [0.2, 0.25) is 0 Å². The number of hydrazone groups is 1. The zero-order valence-corrected chi connectivity index (χ0v) is 14.5. The van der Waals surface area contributed by atoms with Crippen molar-refractivity contribution in [3.05, 3.63) is 42.0 Å². The topological polar surface area (TPSA) is 77.0 Å². The summed E-state index contributed by atoms with van der Waals surface area (Å²) < 4.78 is 0. The number of nitrogens with one attached hydrogen (secondary N) is 2. The van der Waals surface area contributed by atoms with Gasteiger partial charge < -0.3 is 10.2 Å². The number of likely N-dealkylation sites (tertiary alicyclic amines) is 1. The number of rotatable bonds is 3. The molecule has 0 radical (unpaired) electrons. The Morgan fingerprint density at radius 3 is 2.76 bits per heavy atom. The molecule has 8 heteroatoms. The van der Waals surface area contributed by atoms with Gasteiger partial charge in [0.2, 0.25) is 11.8 Å². The number of thioether (sulfide) groups is 1. The molecule has 0 spiro atoms. The summed E-state index contributed by atoms with van der Waals surface area (Å²) in [7, 11) is 0. The van der Waals surface area contributed by atoms with Crippen molar-refractivity contribution in [2.45, 2.75) is 19.1 Å². The van der Waals surface area contributed by atoms with Crippen molar-refractivity contribution in [2.75, 3.05) is 18.8 Å². The van der Waals surface area contributed by atoms with Crippen LogP contribution in [0.1, 0.15) is 18.4 Å². The second kappa shape index (κ2) is 6.79. The fourth-order valence-corrected chi connectivity index (χ4v) is 4.06. The molecule has 0 aromatic heterocycles. The molecule has 3 aliphatic rings. The molecule has 25 heavy (non-hydrogen) atoms. The van der Waals surface area contributed by atoms with Gasteiger partial charge in [-0.3, -0.25) is 19.9 Å². The highest BCUT2D eigenvalue weighted by Gasteiger charge is 2.36. The summed E-state index contributed by atoms with van der Waals surface area (Å²) in [5.74, 6) is 0.321. The number of carbonyl (C=O) groups is 2. The third-order valence-corrected chi connectivity index (χ3v) is 5.34. The maximum absolute atomic E-state index is 12.3. The number of hydrogen-bond acceptors (Lipinski definition) is 6. The molecule has 0 saturated carbocycles. The molecule has 130 valence electrons. The van der Waals surface area contributed by atoms with Crippen LogP contribution in [0.5, 0.6) is 0 Å². The second-order valence-corrected chi connectivity index (χ2v) is 7.02. The van der Waals surface area contributed by atoms with E-state index < -0.39 is 6.29 Å². The molecule has 2 N–H and O–H groups in total. The first-order valence-corrected chi connectivity index (χ1v) is 9.31. The summed E-state index contributed by atoms with van der Waals surface area (Å²) in [6, 6.07) is 9.71. The van der Waals surface area contributed by atoms with Crippen LogP contribution in [0.25, 0.3) is 5.70 Å². The zero-order chi connectivity index (χ0) is 17.2. The number of hydrogen-bond donors (Lipinski definition) is 2. The van der Waals surface area contributed by atoms with E-state index in [2.05, 4.69) is 15.8 Å². The molecular weight excluding hydrogens is 338 g/mol. The average molecular weight is 357 g/mol. The third kappa shape index (κ3) is 3.21. The van der Waals surface area contributed by atoms with E-state index in [4.69, 9.17) is 0 Å². The Bertz CT molecular complexity index is 743. The largest absolute Gasteiger partial charge is 0.342 e. The second-order valence-electron chi connectivity index (χ2n) is 6.08. The molecule has 4 rings (SSSR count). The van der Waals surface area contributed by atoms with Gasteiger partial charge in [0, 0.05) is 19.2 Å². The van der Waals surface area contributed by atoms with Crippen LogP contribution < -0.4 is 10.7 Å². The van der Waals surface area contributed by atoms with Gasteiger partial charge in [0.05, 0.1) is 11.4 Å². The maximum Gasteiger partial charge on any atom is 0.249 e. The fourth-order valence-electron chi connectivity index (χ4n) is 3.16. The summed E-state index contributed by atoms with van der Waals surface area (Å²) in [4.78, 5) is 28.1. The van der Waals surface area contributed by atoms with E-state index in [9.17, 15) is 9.59 Å². The van der Waals surface area contributed by atoms with E-state index in [1.54, 1.807) is 6.08 Å². The van der Waals surface area contributed by atoms with Crippen molar-refractivity contribution >= 4 is 34.4 Å². The monoisotopic (exact) mass is 357 g/mol. The molecule has 1 saturated heterocycles. The molecule has 1 fully saturated rings. The van der Waals surface area contributed by atoms with Crippen LogP contribution in [-0.2, 0) is 9.59 Å². The highest BCUT2D eigenvalue weighted by molar-refractivity contribution is 8.14. The lowest BCUT2D eigenvalue weighted by Gasteiger charge is -2.32. The quantitative estimate of drug-likeness (QED) is 0.843. The number of amides is 2. The predicted molar refractivity (Wildman–Crippen MR) is 97.0 cm³/mol. The average Bonchev–Trinajstić information content (AvgIpc) is 3.30. The number of fused-ring (bicyclic) bond motifs is 1. The first kappa shape index (κ1) is 16.0. The molecule has 1 atom stereocenters. The summed E-state index contributed by atoms with van der Waals surface area (Å²) in [5.41, 5.74) is 4.64. The lowest BCUT2D eigenvalue weighted by atomic mass is 10.1. The van der Waals surface area contributed by atoms with Crippen LogP contribution in [0.4, 0.5) is 0 Å². The summed E-state index contributed by atoms with van der Waals surface area (Å²) >= 11 is 1.39. The lowest BCUT2D eigenvalue weighted by Crippen LogP contribution is -2.54. The van der Waals surface area contributed by atoms with Gasteiger partial charge >= 0.3 is 0 Å². The van der Waals surface area contributed by atoms with Gasteiger partial charge in [0.15, 0.2) is 11.5 Å². The summed E-state index contributed by atoms with van der Waals surface area (Å²) in [5, 5.41) is 7.83. The normalized spacial score (nSPS) is 22.1. The Hall–Kier alpha value is -2.48.